The van der Waals surface area contributed by atoms with Gasteiger partial charge in [-0.2, -0.15) is 0 Å². The van der Waals surface area contributed by atoms with Gasteiger partial charge >= 0.3 is 5.97 Å². The maximum atomic E-state index is 13.2. The summed E-state index contributed by atoms with van der Waals surface area (Å²) in [7, 11) is 0. The van der Waals surface area contributed by atoms with Crippen molar-refractivity contribution in [2.45, 2.75) is 6.04 Å². The fraction of sp³-hybridized carbons (Fsp3) is 0.300. The lowest BCUT2D eigenvalue weighted by atomic mass is 10.1. The standard InChI is InChI=1S/C10H12FNO4/c11-7-2-1-3-8(9(7)10(15)16)12-6(4-13)5-14/h1-3,6,12-14H,4-5H2,(H,15,16). The second kappa shape index (κ2) is 5.43. The van der Waals surface area contributed by atoms with Crippen LogP contribution in [0.2, 0.25) is 0 Å². The molecule has 0 aliphatic heterocycles. The second-order valence-electron chi connectivity index (χ2n) is 3.17. The highest BCUT2D eigenvalue weighted by Gasteiger charge is 2.17. The molecule has 1 aromatic carbocycles. The van der Waals surface area contributed by atoms with E-state index in [0.29, 0.717) is 0 Å². The van der Waals surface area contributed by atoms with E-state index in [1.54, 1.807) is 0 Å². The molecule has 5 nitrogen and oxygen atoms in total. The van der Waals surface area contributed by atoms with E-state index in [-0.39, 0.29) is 18.9 Å². The maximum Gasteiger partial charge on any atom is 0.340 e. The first-order valence-corrected chi connectivity index (χ1v) is 4.60. The van der Waals surface area contributed by atoms with Crippen molar-refractivity contribution in [1.29, 1.82) is 0 Å². The number of hydrogen-bond acceptors (Lipinski definition) is 4. The molecule has 6 heteroatoms. The third-order valence-electron chi connectivity index (χ3n) is 2.03. The Balaban J connectivity index is 3.03. The molecule has 0 aliphatic carbocycles. The molecule has 1 rings (SSSR count). The van der Waals surface area contributed by atoms with Crippen molar-refractivity contribution in [2.75, 3.05) is 18.5 Å². The third-order valence-corrected chi connectivity index (χ3v) is 2.03. The molecule has 0 unspecified atom stereocenters. The lowest BCUT2D eigenvalue weighted by Crippen LogP contribution is -2.28. The smallest absolute Gasteiger partial charge is 0.340 e. The number of carboxylic acid groups (broad SMARTS) is 1. The number of rotatable bonds is 5. The number of carboxylic acids is 1. The van der Waals surface area contributed by atoms with Crippen LogP contribution >= 0.6 is 0 Å². The van der Waals surface area contributed by atoms with E-state index >= 15 is 0 Å². The lowest BCUT2D eigenvalue weighted by molar-refractivity contribution is 0.0692. The largest absolute Gasteiger partial charge is 0.478 e. The van der Waals surface area contributed by atoms with Crippen LogP contribution < -0.4 is 5.32 Å². The summed E-state index contributed by atoms with van der Waals surface area (Å²) in [6.45, 7) is -0.766. The molecule has 0 heterocycles. The van der Waals surface area contributed by atoms with Crippen LogP contribution in [0.5, 0.6) is 0 Å². The molecular formula is C10H12FNO4. The summed E-state index contributed by atoms with van der Waals surface area (Å²) in [4.78, 5) is 10.8. The van der Waals surface area contributed by atoms with E-state index in [0.717, 1.165) is 6.07 Å². The molecule has 16 heavy (non-hydrogen) atoms. The molecule has 0 bridgehead atoms. The molecule has 0 aromatic heterocycles. The normalized spacial score (nSPS) is 10.5. The van der Waals surface area contributed by atoms with Crippen molar-refractivity contribution < 1.29 is 24.5 Å². The molecule has 0 aliphatic rings. The van der Waals surface area contributed by atoms with Crippen molar-refractivity contribution in [3.63, 3.8) is 0 Å². The van der Waals surface area contributed by atoms with Gasteiger partial charge in [0.15, 0.2) is 0 Å². The van der Waals surface area contributed by atoms with Crippen LogP contribution in [0.4, 0.5) is 10.1 Å². The number of anilines is 1. The van der Waals surface area contributed by atoms with E-state index in [4.69, 9.17) is 15.3 Å². The van der Waals surface area contributed by atoms with Crippen molar-refractivity contribution >= 4 is 11.7 Å². The summed E-state index contributed by atoms with van der Waals surface area (Å²) in [5.74, 6) is -2.28. The fourth-order valence-corrected chi connectivity index (χ4v) is 1.23. The number of halogens is 1. The lowest BCUT2D eigenvalue weighted by Gasteiger charge is -2.16. The molecule has 0 fully saturated rings. The highest BCUT2D eigenvalue weighted by molar-refractivity contribution is 5.94. The van der Waals surface area contributed by atoms with E-state index in [1.807, 2.05) is 0 Å². The Kier molecular flexibility index (Phi) is 4.21. The number of benzene rings is 1. The molecular weight excluding hydrogens is 217 g/mol. The van der Waals surface area contributed by atoms with Crippen LogP contribution in [-0.2, 0) is 0 Å². The second-order valence-corrected chi connectivity index (χ2v) is 3.17. The number of carbonyl (C=O) groups is 1. The SMILES string of the molecule is O=C(O)c1c(F)cccc1NC(CO)CO. The summed E-state index contributed by atoms with van der Waals surface area (Å²) >= 11 is 0. The van der Waals surface area contributed by atoms with Gasteiger partial charge in [0.2, 0.25) is 0 Å². The van der Waals surface area contributed by atoms with Crippen LogP contribution in [0, 0.1) is 5.82 Å². The quantitative estimate of drug-likeness (QED) is 0.582. The predicted molar refractivity (Wildman–Crippen MR) is 54.9 cm³/mol. The Morgan fingerprint density at radius 1 is 1.38 bits per heavy atom. The highest BCUT2D eigenvalue weighted by Crippen LogP contribution is 2.19. The van der Waals surface area contributed by atoms with Gasteiger partial charge in [-0.3, -0.25) is 0 Å². The summed E-state index contributed by atoms with van der Waals surface area (Å²) in [5.41, 5.74) is -0.477. The minimum Gasteiger partial charge on any atom is -0.478 e. The average molecular weight is 229 g/mol. The van der Waals surface area contributed by atoms with Crippen molar-refractivity contribution in [1.82, 2.24) is 0 Å². The van der Waals surface area contributed by atoms with Gasteiger partial charge < -0.3 is 20.6 Å². The van der Waals surface area contributed by atoms with Gasteiger partial charge in [-0.25, -0.2) is 9.18 Å². The molecule has 0 atom stereocenters. The van der Waals surface area contributed by atoms with E-state index in [1.165, 1.54) is 12.1 Å². The summed E-state index contributed by atoms with van der Waals surface area (Å²) in [6.07, 6.45) is 0. The first kappa shape index (κ1) is 12.4. The van der Waals surface area contributed by atoms with Gasteiger partial charge in [0, 0.05) is 0 Å². The van der Waals surface area contributed by atoms with Crippen LogP contribution in [0.3, 0.4) is 0 Å². The number of aromatic carboxylic acids is 1. The van der Waals surface area contributed by atoms with Crippen molar-refractivity contribution in [3.05, 3.63) is 29.6 Å². The van der Waals surface area contributed by atoms with Gasteiger partial charge in [-0.05, 0) is 12.1 Å². The van der Waals surface area contributed by atoms with Gasteiger partial charge in [0.1, 0.15) is 11.4 Å². The van der Waals surface area contributed by atoms with Crippen molar-refractivity contribution in [3.8, 4) is 0 Å². The molecule has 88 valence electrons. The zero-order valence-corrected chi connectivity index (χ0v) is 8.35. The van der Waals surface area contributed by atoms with Gasteiger partial charge in [0.25, 0.3) is 0 Å². The molecule has 0 amide bonds. The van der Waals surface area contributed by atoms with Gasteiger partial charge in [-0.15, -0.1) is 0 Å². The maximum absolute atomic E-state index is 13.2. The summed E-state index contributed by atoms with van der Waals surface area (Å²) in [5, 5.41) is 29.0. The summed E-state index contributed by atoms with van der Waals surface area (Å²) in [6, 6.07) is 3.02. The average Bonchev–Trinajstić information content (AvgIpc) is 2.25. The summed E-state index contributed by atoms with van der Waals surface area (Å²) < 4.78 is 13.2. The topological polar surface area (TPSA) is 89.8 Å². The molecule has 0 radical (unpaired) electrons. The first-order chi connectivity index (χ1) is 7.60. The van der Waals surface area contributed by atoms with E-state index in [9.17, 15) is 9.18 Å². The number of aliphatic hydroxyl groups is 2. The van der Waals surface area contributed by atoms with Crippen LogP contribution in [-0.4, -0.2) is 40.5 Å². The van der Waals surface area contributed by atoms with Crippen LogP contribution in [0.1, 0.15) is 10.4 Å². The van der Waals surface area contributed by atoms with E-state index < -0.39 is 23.4 Å². The fourth-order valence-electron chi connectivity index (χ4n) is 1.23. The van der Waals surface area contributed by atoms with Crippen LogP contribution in [0.15, 0.2) is 18.2 Å². The zero-order valence-electron chi connectivity index (χ0n) is 8.35. The minimum absolute atomic E-state index is 0.0283. The Labute approximate surface area is 91.2 Å². The Morgan fingerprint density at radius 2 is 2.00 bits per heavy atom. The molecule has 1 aromatic rings. The zero-order chi connectivity index (χ0) is 12.1. The van der Waals surface area contributed by atoms with Gasteiger partial charge in [-0.1, -0.05) is 6.07 Å². The first-order valence-electron chi connectivity index (χ1n) is 4.60. The minimum atomic E-state index is -1.41. The van der Waals surface area contributed by atoms with Crippen molar-refractivity contribution in [2.24, 2.45) is 0 Å². The Hall–Kier alpha value is -1.66. The molecule has 0 saturated carbocycles. The predicted octanol–water partition coefficient (Wildman–Crippen LogP) is 0.289. The molecule has 0 spiro atoms. The number of aliphatic hydroxyl groups excluding tert-OH is 2. The number of nitrogens with one attached hydrogen (secondary N) is 1. The monoisotopic (exact) mass is 229 g/mol. The number of hydrogen-bond donors (Lipinski definition) is 4. The Morgan fingerprint density at radius 3 is 2.50 bits per heavy atom. The third kappa shape index (κ3) is 2.68. The molecule has 0 saturated heterocycles. The van der Waals surface area contributed by atoms with Gasteiger partial charge in [0.05, 0.1) is 24.9 Å². The highest BCUT2D eigenvalue weighted by atomic mass is 19.1. The van der Waals surface area contributed by atoms with E-state index in [2.05, 4.69) is 5.32 Å². The Bertz CT molecular complexity index is 379. The van der Waals surface area contributed by atoms with Crippen LogP contribution in [0.25, 0.3) is 0 Å². The molecule has 4 N–H and O–H groups in total.